The second kappa shape index (κ2) is 5.64. The van der Waals surface area contributed by atoms with Gasteiger partial charge in [-0.3, -0.25) is 9.59 Å². The van der Waals surface area contributed by atoms with Gasteiger partial charge in [0, 0.05) is 20.2 Å². The lowest BCUT2D eigenvalue weighted by Crippen LogP contribution is -2.27. The Morgan fingerprint density at radius 2 is 2.05 bits per heavy atom. The van der Waals surface area contributed by atoms with Crippen molar-refractivity contribution in [1.82, 2.24) is 9.78 Å². The molecule has 5 nitrogen and oxygen atoms in total. The van der Waals surface area contributed by atoms with Gasteiger partial charge in [-0.25, -0.2) is 9.07 Å². The molecule has 0 bridgehead atoms. The molecule has 2 aromatic rings. The molecule has 1 heterocycles. The first-order valence-corrected chi connectivity index (χ1v) is 6.01. The number of ketones is 1. The molecule has 104 valence electrons. The largest absolute Gasteiger partial charge is 0.376 e. The number of Topliss-reactive ketones (excluding diaryl/α,β-unsaturated/α-hetero) is 1. The molecule has 0 unspecified atom stereocenters. The van der Waals surface area contributed by atoms with Gasteiger partial charge in [0.1, 0.15) is 12.4 Å². The molecule has 0 aliphatic rings. The third-order valence-corrected chi connectivity index (χ3v) is 2.84. The van der Waals surface area contributed by atoms with Crippen LogP contribution in [0.25, 0.3) is 0 Å². The topological polar surface area (TPSA) is 55.2 Å². The highest BCUT2D eigenvalue weighted by molar-refractivity contribution is 5.96. The molecule has 0 aliphatic carbocycles. The molecule has 0 radical (unpaired) electrons. The normalized spacial score (nSPS) is 10.3. The molecule has 0 fully saturated rings. The SMILES string of the molecule is CN(C)c1cnn(CC(=O)c2ccccc2F)c(=O)c1. The van der Waals surface area contributed by atoms with Gasteiger partial charge in [0.25, 0.3) is 5.56 Å². The van der Waals surface area contributed by atoms with Crippen LogP contribution in [0.4, 0.5) is 10.1 Å². The average molecular weight is 275 g/mol. The van der Waals surface area contributed by atoms with Crippen LogP contribution >= 0.6 is 0 Å². The molecule has 0 aliphatic heterocycles. The summed E-state index contributed by atoms with van der Waals surface area (Å²) in [7, 11) is 3.57. The van der Waals surface area contributed by atoms with Crippen LogP contribution in [0.2, 0.25) is 0 Å². The van der Waals surface area contributed by atoms with E-state index in [9.17, 15) is 14.0 Å². The van der Waals surface area contributed by atoms with E-state index in [1.54, 1.807) is 25.1 Å². The van der Waals surface area contributed by atoms with Gasteiger partial charge in [-0.2, -0.15) is 5.10 Å². The highest BCUT2D eigenvalue weighted by atomic mass is 19.1. The number of benzene rings is 1. The Bertz CT molecular complexity index is 695. The minimum absolute atomic E-state index is 0.0436. The maximum atomic E-state index is 13.5. The summed E-state index contributed by atoms with van der Waals surface area (Å²) < 4.78 is 14.5. The Kier molecular flexibility index (Phi) is 3.93. The maximum absolute atomic E-state index is 13.5. The molecular weight excluding hydrogens is 261 g/mol. The molecule has 0 N–H and O–H groups in total. The zero-order valence-electron chi connectivity index (χ0n) is 11.2. The predicted molar refractivity (Wildman–Crippen MR) is 73.6 cm³/mol. The van der Waals surface area contributed by atoms with Crippen molar-refractivity contribution in [3.63, 3.8) is 0 Å². The summed E-state index contributed by atoms with van der Waals surface area (Å²) >= 11 is 0. The molecule has 1 aromatic carbocycles. The van der Waals surface area contributed by atoms with Crippen molar-refractivity contribution >= 4 is 11.5 Å². The van der Waals surface area contributed by atoms with Gasteiger partial charge >= 0.3 is 0 Å². The van der Waals surface area contributed by atoms with E-state index in [4.69, 9.17) is 0 Å². The van der Waals surface area contributed by atoms with E-state index in [0.29, 0.717) is 5.69 Å². The summed E-state index contributed by atoms with van der Waals surface area (Å²) in [5.74, 6) is -1.09. The summed E-state index contributed by atoms with van der Waals surface area (Å²) in [5.41, 5.74) is 0.198. The number of nitrogens with zero attached hydrogens (tertiary/aromatic N) is 3. The fraction of sp³-hybridized carbons (Fsp3) is 0.214. The summed E-state index contributed by atoms with van der Waals surface area (Å²) in [6, 6.07) is 7.04. The first-order chi connectivity index (χ1) is 9.49. The number of rotatable bonds is 4. The van der Waals surface area contributed by atoms with Crippen LogP contribution in [0, 0.1) is 5.82 Å². The van der Waals surface area contributed by atoms with Crippen LogP contribution < -0.4 is 10.5 Å². The highest BCUT2D eigenvalue weighted by Crippen LogP contribution is 2.08. The summed E-state index contributed by atoms with van der Waals surface area (Å²) in [5, 5.41) is 3.91. The van der Waals surface area contributed by atoms with Crippen molar-refractivity contribution in [2.75, 3.05) is 19.0 Å². The van der Waals surface area contributed by atoms with Crippen LogP contribution in [-0.4, -0.2) is 29.7 Å². The second-order valence-corrected chi connectivity index (χ2v) is 4.51. The molecule has 0 spiro atoms. The first kappa shape index (κ1) is 13.9. The van der Waals surface area contributed by atoms with Crippen molar-refractivity contribution in [3.8, 4) is 0 Å². The van der Waals surface area contributed by atoms with Crippen molar-refractivity contribution in [2.24, 2.45) is 0 Å². The molecule has 2 rings (SSSR count). The smallest absolute Gasteiger partial charge is 0.269 e. The van der Waals surface area contributed by atoms with Crippen LogP contribution in [0.1, 0.15) is 10.4 Å². The van der Waals surface area contributed by atoms with E-state index in [2.05, 4.69) is 5.10 Å². The number of carbonyl (C=O) groups is 1. The van der Waals surface area contributed by atoms with Crippen LogP contribution in [0.5, 0.6) is 0 Å². The molecule has 0 atom stereocenters. The molecule has 1 aromatic heterocycles. The molecule has 0 saturated heterocycles. The van der Waals surface area contributed by atoms with Gasteiger partial charge in [-0.05, 0) is 12.1 Å². The third kappa shape index (κ3) is 2.90. The summed E-state index contributed by atoms with van der Waals surface area (Å²) in [6.45, 7) is -0.284. The maximum Gasteiger partial charge on any atom is 0.269 e. The third-order valence-electron chi connectivity index (χ3n) is 2.84. The van der Waals surface area contributed by atoms with Crippen molar-refractivity contribution in [3.05, 3.63) is 58.3 Å². The minimum atomic E-state index is -0.601. The number of anilines is 1. The molecule has 0 amide bonds. The quantitative estimate of drug-likeness (QED) is 0.790. The Morgan fingerprint density at radius 1 is 1.35 bits per heavy atom. The van der Waals surface area contributed by atoms with Gasteiger partial charge in [0.05, 0.1) is 17.4 Å². The lowest BCUT2D eigenvalue weighted by molar-refractivity contribution is 0.0961. The monoisotopic (exact) mass is 275 g/mol. The lowest BCUT2D eigenvalue weighted by Gasteiger charge is -2.12. The van der Waals surface area contributed by atoms with E-state index in [1.807, 2.05) is 0 Å². The fourth-order valence-corrected chi connectivity index (χ4v) is 1.70. The number of hydrogen-bond donors (Lipinski definition) is 0. The number of aromatic nitrogens is 2. The number of hydrogen-bond acceptors (Lipinski definition) is 4. The number of halogens is 1. The van der Waals surface area contributed by atoms with Gasteiger partial charge in [0.2, 0.25) is 0 Å². The minimum Gasteiger partial charge on any atom is -0.376 e. The molecule has 0 saturated carbocycles. The van der Waals surface area contributed by atoms with E-state index in [0.717, 1.165) is 4.68 Å². The van der Waals surface area contributed by atoms with Gasteiger partial charge < -0.3 is 4.90 Å². The summed E-state index contributed by atoms with van der Waals surface area (Å²) in [6.07, 6.45) is 1.48. The van der Waals surface area contributed by atoms with E-state index >= 15 is 0 Å². The molecular formula is C14H14FN3O2. The Labute approximate surface area is 115 Å². The first-order valence-electron chi connectivity index (χ1n) is 6.01. The van der Waals surface area contributed by atoms with Crippen molar-refractivity contribution in [2.45, 2.75) is 6.54 Å². The van der Waals surface area contributed by atoms with Crippen LogP contribution in [-0.2, 0) is 6.54 Å². The van der Waals surface area contributed by atoms with Crippen LogP contribution in [0.15, 0.2) is 41.3 Å². The van der Waals surface area contributed by atoms with Gasteiger partial charge in [0.15, 0.2) is 5.78 Å². The van der Waals surface area contributed by atoms with Crippen molar-refractivity contribution in [1.29, 1.82) is 0 Å². The van der Waals surface area contributed by atoms with Gasteiger partial charge in [-0.15, -0.1) is 0 Å². The summed E-state index contributed by atoms with van der Waals surface area (Å²) in [4.78, 5) is 25.5. The fourth-order valence-electron chi connectivity index (χ4n) is 1.70. The second-order valence-electron chi connectivity index (χ2n) is 4.51. The van der Waals surface area contributed by atoms with Crippen LogP contribution in [0.3, 0.4) is 0 Å². The molecule has 6 heteroatoms. The Morgan fingerprint density at radius 3 is 2.65 bits per heavy atom. The van der Waals surface area contributed by atoms with Gasteiger partial charge in [-0.1, -0.05) is 12.1 Å². The van der Waals surface area contributed by atoms with E-state index in [1.165, 1.54) is 30.5 Å². The Balaban J connectivity index is 2.25. The van der Waals surface area contributed by atoms with E-state index < -0.39 is 17.2 Å². The zero-order chi connectivity index (χ0) is 14.7. The predicted octanol–water partition coefficient (Wildman–Crippen LogP) is 1.33. The van der Waals surface area contributed by atoms with E-state index in [-0.39, 0.29) is 12.1 Å². The highest BCUT2D eigenvalue weighted by Gasteiger charge is 2.13. The number of carbonyl (C=O) groups excluding carboxylic acids is 1. The molecule has 20 heavy (non-hydrogen) atoms. The lowest BCUT2D eigenvalue weighted by atomic mass is 10.1. The average Bonchev–Trinajstić information content (AvgIpc) is 2.41. The zero-order valence-corrected chi connectivity index (χ0v) is 11.2. The Hall–Kier alpha value is -2.50. The van der Waals surface area contributed by atoms with Crippen molar-refractivity contribution < 1.29 is 9.18 Å². The standard InChI is InChI=1S/C14H14FN3O2/c1-17(2)10-7-14(20)18(16-8-10)9-13(19)11-5-3-4-6-12(11)15/h3-8H,9H2,1-2H3.